The van der Waals surface area contributed by atoms with Gasteiger partial charge in [0.05, 0.1) is 5.69 Å². The Labute approximate surface area is 168 Å². The zero-order valence-electron chi connectivity index (χ0n) is 16.2. The third-order valence-electron chi connectivity index (χ3n) is 5.01. The molecule has 0 aliphatic rings. The molecule has 2 heterocycles. The number of H-pyrrole nitrogens is 2. The summed E-state index contributed by atoms with van der Waals surface area (Å²) in [5, 5.41) is 7.94. The number of carbonyl (C=O) groups is 1. The van der Waals surface area contributed by atoms with Gasteiger partial charge in [0.25, 0.3) is 5.91 Å². The Hall–Kier alpha value is -3.67. The van der Waals surface area contributed by atoms with Gasteiger partial charge in [-0.2, -0.15) is 5.10 Å². The van der Waals surface area contributed by atoms with Gasteiger partial charge < -0.3 is 9.88 Å². The van der Waals surface area contributed by atoms with Gasteiger partial charge in [-0.05, 0) is 31.0 Å². The Bertz CT molecular complexity index is 1190. The summed E-state index contributed by atoms with van der Waals surface area (Å²) < 4.78 is 0. The van der Waals surface area contributed by atoms with Gasteiger partial charge in [0, 0.05) is 41.9 Å². The van der Waals surface area contributed by atoms with Gasteiger partial charge in [0.2, 0.25) is 5.43 Å². The number of pyridine rings is 1. The molecule has 29 heavy (non-hydrogen) atoms. The van der Waals surface area contributed by atoms with E-state index >= 15 is 0 Å². The lowest BCUT2D eigenvalue weighted by Crippen LogP contribution is -2.32. The molecule has 0 bridgehead atoms. The molecule has 0 fully saturated rings. The lowest BCUT2D eigenvalue weighted by Gasteiger charge is -2.16. The molecule has 0 saturated carbocycles. The standard InChI is InChI=1S/C23H22N4O2/c1-27(23(29)19-15-24-20-12-6-5-11-18(20)22(19)28)13-7-10-17-14-21(26-25-17)16-8-3-2-4-9-16/h2-6,8-9,11-12,14-15H,7,10,13H2,1H3,(H,24,28)(H,25,26). The summed E-state index contributed by atoms with van der Waals surface area (Å²) in [4.78, 5) is 30.0. The fourth-order valence-corrected chi connectivity index (χ4v) is 3.39. The Morgan fingerprint density at radius 3 is 2.66 bits per heavy atom. The highest BCUT2D eigenvalue weighted by atomic mass is 16.2. The molecule has 0 aliphatic carbocycles. The summed E-state index contributed by atoms with van der Waals surface area (Å²) in [5.41, 5.74) is 3.65. The van der Waals surface area contributed by atoms with Crippen LogP contribution in [0.25, 0.3) is 22.2 Å². The van der Waals surface area contributed by atoms with Gasteiger partial charge in [-0.15, -0.1) is 0 Å². The molecule has 2 aromatic heterocycles. The fourth-order valence-electron chi connectivity index (χ4n) is 3.39. The molecule has 0 atom stereocenters. The van der Waals surface area contributed by atoms with Crippen LogP contribution in [0.1, 0.15) is 22.5 Å². The third-order valence-corrected chi connectivity index (χ3v) is 5.01. The number of nitrogens with zero attached hydrogens (tertiary/aromatic N) is 2. The van der Waals surface area contributed by atoms with E-state index in [0.29, 0.717) is 11.9 Å². The third kappa shape index (κ3) is 3.96. The number of hydrogen-bond donors (Lipinski definition) is 2. The van der Waals surface area contributed by atoms with Crippen LogP contribution in [0.15, 0.2) is 71.7 Å². The first-order valence-electron chi connectivity index (χ1n) is 9.59. The molecule has 2 aromatic carbocycles. The van der Waals surface area contributed by atoms with Crippen LogP contribution >= 0.6 is 0 Å². The average Bonchev–Trinajstić information content (AvgIpc) is 3.23. The second-order valence-electron chi connectivity index (χ2n) is 7.05. The van der Waals surface area contributed by atoms with E-state index in [1.54, 1.807) is 24.1 Å². The molecule has 4 aromatic rings. The molecule has 0 saturated heterocycles. The molecule has 4 rings (SSSR count). The zero-order chi connectivity index (χ0) is 20.2. The Morgan fingerprint density at radius 2 is 1.83 bits per heavy atom. The van der Waals surface area contributed by atoms with Crippen LogP contribution in [-0.4, -0.2) is 39.6 Å². The molecule has 1 amide bonds. The SMILES string of the molecule is CN(CCCc1cc(-c2ccccc2)n[nH]1)C(=O)c1c[nH]c2ccccc2c1=O. The highest BCUT2D eigenvalue weighted by Gasteiger charge is 2.17. The number of amides is 1. The number of carbonyl (C=O) groups excluding carboxylic acids is 1. The summed E-state index contributed by atoms with van der Waals surface area (Å²) in [5.74, 6) is -0.272. The molecule has 146 valence electrons. The summed E-state index contributed by atoms with van der Waals surface area (Å²) >= 11 is 0. The van der Waals surface area contributed by atoms with Crippen LogP contribution in [0.5, 0.6) is 0 Å². The van der Waals surface area contributed by atoms with E-state index in [2.05, 4.69) is 15.2 Å². The number of para-hydroxylation sites is 1. The molecular weight excluding hydrogens is 364 g/mol. The minimum atomic E-state index is -0.272. The molecule has 0 spiro atoms. The topological polar surface area (TPSA) is 81.8 Å². The van der Waals surface area contributed by atoms with E-state index < -0.39 is 0 Å². The van der Waals surface area contributed by atoms with Crippen molar-refractivity contribution in [3.05, 3.63) is 88.3 Å². The van der Waals surface area contributed by atoms with E-state index in [-0.39, 0.29) is 16.9 Å². The van der Waals surface area contributed by atoms with Crippen LogP contribution in [0, 0.1) is 0 Å². The maximum Gasteiger partial charge on any atom is 0.259 e. The molecular formula is C23H22N4O2. The largest absolute Gasteiger partial charge is 0.360 e. The highest BCUT2D eigenvalue weighted by Crippen LogP contribution is 2.17. The number of nitrogens with one attached hydrogen (secondary N) is 2. The second kappa shape index (κ2) is 8.14. The van der Waals surface area contributed by atoms with E-state index in [0.717, 1.165) is 35.3 Å². The minimum Gasteiger partial charge on any atom is -0.360 e. The summed E-state index contributed by atoms with van der Waals surface area (Å²) in [6, 6.07) is 19.2. The summed E-state index contributed by atoms with van der Waals surface area (Å²) in [6.45, 7) is 0.546. The second-order valence-corrected chi connectivity index (χ2v) is 7.05. The predicted octanol–water partition coefficient (Wildman–Crippen LogP) is 3.62. The zero-order valence-corrected chi connectivity index (χ0v) is 16.2. The lowest BCUT2D eigenvalue weighted by atomic mass is 10.1. The molecule has 6 heteroatoms. The van der Waals surface area contributed by atoms with Crippen molar-refractivity contribution in [2.24, 2.45) is 0 Å². The van der Waals surface area contributed by atoms with Gasteiger partial charge in [-0.3, -0.25) is 14.7 Å². The number of rotatable bonds is 6. The van der Waals surface area contributed by atoms with Crippen molar-refractivity contribution >= 4 is 16.8 Å². The predicted molar refractivity (Wildman–Crippen MR) is 114 cm³/mol. The van der Waals surface area contributed by atoms with Crippen molar-refractivity contribution in [2.45, 2.75) is 12.8 Å². The van der Waals surface area contributed by atoms with Crippen LogP contribution in [0.4, 0.5) is 0 Å². The number of aromatic nitrogens is 3. The molecule has 2 N–H and O–H groups in total. The number of aromatic amines is 2. The smallest absolute Gasteiger partial charge is 0.259 e. The van der Waals surface area contributed by atoms with Gasteiger partial charge in [-0.25, -0.2) is 0 Å². The van der Waals surface area contributed by atoms with Crippen LogP contribution in [-0.2, 0) is 6.42 Å². The van der Waals surface area contributed by atoms with E-state index in [1.807, 2.05) is 48.5 Å². The monoisotopic (exact) mass is 386 g/mol. The van der Waals surface area contributed by atoms with Gasteiger partial charge in [0.15, 0.2) is 0 Å². The Morgan fingerprint density at radius 1 is 1.07 bits per heavy atom. The van der Waals surface area contributed by atoms with Crippen LogP contribution in [0.2, 0.25) is 0 Å². The first-order chi connectivity index (χ1) is 14.1. The Balaban J connectivity index is 1.38. The Kier molecular flexibility index (Phi) is 5.24. The van der Waals surface area contributed by atoms with Gasteiger partial charge >= 0.3 is 0 Å². The van der Waals surface area contributed by atoms with Crippen molar-refractivity contribution < 1.29 is 4.79 Å². The number of aryl methyl sites for hydroxylation is 1. The summed E-state index contributed by atoms with van der Waals surface area (Å²) in [6.07, 6.45) is 3.04. The first kappa shape index (κ1) is 18.7. The van der Waals surface area contributed by atoms with Crippen LogP contribution in [0.3, 0.4) is 0 Å². The van der Waals surface area contributed by atoms with Gasteiger partial charge in [-0.1, -0.05) is 42.5 Å². The van der Waals surface area contributed by atoms with Gasteiger partial charge in [0.1, 0.15) is 5.56 Å². The molecule has 0 radical (unpaired) electrons. The van der Waals surface area contributed by atoms with E-state index in [9.17, 15) is 9.59 Å². The minimum absolute atomic E-state index is 0.166. The number of benzene rings is 2. The lowest BCUT2D eigenvalue weighted by molar-refractivity contribution is 0.0792. The normalized spacial score (nSPS) is 10.9. The van der Waals surface area contributed by atoms with Crippen molar-refractivity contribution in [1.29, 1.82) is 0 Å². The molecule has 0 unspecified atom stereocenters. The molecule has 6 nitrogen and oxygen atoms in total. The van der Waals surface area contributed by atoms with E-state index in [4.69, 9.17) is 0 Å². The maximum absolute atomic E-state index is 12.7. The quantitative estimate of drug-likeness (QED) is 0.531. The number of fused-ring (bicyclic) bond motifs is 1. The first-order valence-corrected chi connectivity index (χ1v) is 9.59. The van der Waals surface area contributed by atoms with Crippen molar-refractivity contribution in [1.82, 2.24) is 20.1 Å². The average molecular weight is 386 g/mol. The van der Waals surface area contributed by atoms with Crippen LogP contribution < -0.4 is 5.43 Å². The van der Waals surface area contributed by atoms with E-state index in [1.165, 1.54) is 6.20 Å². The fraction of sp³-hybridized carbons (Fsp3) is 0.174. The van der Waals surface area contributed by atoms with Crippen molar-refractivity contribution in [2.75, 3.05) is 13.6 Å². The maximum atomic E-state index is 12.7. The van der Waals surface area contributed by atoms with Crippen molar-refractivity contribution in [3.63, 3.8) is 0 Å². The highest BCUT2D eigenvalue weighted by molar-refractivity contribution is 5.96. The van der Waals surface area contributed by atoms with Crippen molar-refractivity contribution in [3.8, 4) is 11.3 Å². The number of hydrogen-bond acceptors (Lipinski definition) is 3. The molecule has 0 aliphatic heterocycles. The summed E-state index contributed by atoms with van der Waals surface area (Å²) in [7, 11) is 1.72.